The summed E-state index contributed by atoms with van der Waals surface area (Å²) in [5.74, 6) is 7.18. The van der Waals surface area contributed by atoms with E-state index < -0.39 is 0 Å². The highest BCUT2D eigenvalue weighted by Gasteiger charge is 2.27. The summed E-state index contributed by atoms with van der Waals surface area (Å²) in [5, 5.41) is 0. The third-order valence-corrected chi connectivity index (χ3v) is 4.84. The zero-order valence-corrected chi connectivity index (χ0v) is 11.2. The number of hydrazine groups is 1. The van der Waals surface area contributed by atoms with Crippen molar-refractivity contribution in [2.45, 2.75) is 38.6 Å². The quantitative estimate of drug-likeness (QED) is 0.640. The molecule has 3 atom stereocenters. The van der Waals surface area contributed by atoms with Crippen LogP contribution in [0.1, 0.15) is 43.5 Å². The van der Waals surface area contributed by atoms with Gasteiger partial charge < -0.3 is 0 Å². The van der Waals surface area contributed by atoms with Crippen LogP contribution < -0.4 is 11.3 Å². The van der Waals surface area contributed by atoms with Crippen molar-refractivity contribution in [1.29, 1.82) is 0 Å². The molecule has 1 aliphatic rings. The van der Waals surface area contributed by atoms with Gasteiger partial charge in [0.25, 0.3) is 0 Å². The summed E-state index contributed by atoms with van der Waals surface area (Å²) in [4.78, 5) is 1.27. The number of thiophene rings is 1. The molecule has 0 radical (unpaired) electrons. The summed E-state index contributed by atoms with van der Waals surface area (Å²) in [5.41, 5.74) is 2.97. The summed E-state index contributed by atoms with van der Waals surface area (Å²) < 4.78 is 0.846. The fourth-order valence-corrected chi connectivity index (χ4v) is 3.94. The summed E-state index contributed by atoms with van der Waals surface area (Å²) >= 11 is 7.62. The van der Waals surface area contributed by atoms with Crippen LogP contribution in [0.3, 0.4) is 0 Å². The Bertz CT molecular complexity index is 340. The topological polar surface area (TPSA) is 38.0 Å². The highest BCUT2D eigenvalue weighted by molar-refractivity contribution is 7.16. The van der Waals surface area contributed by atoms with Gasteiger partial charge in [-0.2, -0.15) is 0 Å². The molecule has 1 aromatic rings. The van der Waals surface area contributed by atoms with Crippen molar-refractivity contribution in [3.05, 3.63) is 21.3 Å². The lowest BCUT2D eigenvalue weighted by atomic mass is 9.78. The van der Waals surface area contributed by atoms with Crippen molar-refractivity contribution >= 4 is 22.9 Å². The Morgan fingerprint density at radius 2 is 2.31 bits per heavy atom. The van der Waals surface area contributed by atoms with Crippen LogP contribution in [-0.2, 0) is 0 Å². The fraction of sp³-hybridized carbons (Fsp3) is 0.667. The third-order valence-electron chi connectivity index (χ3n) is 3.53. The molecule has 2 nitrogen and oxygen atoms in total. The highest BCUT2D eigenvalue weighted by Crippen LogP contribution is 2.39. The van der Waals surface area contributed by atoms with Gasteiger partial charge in [0, 0.05) is 4.88 Å². The first-order valence-electron chi connectivity index (χ1n) is 5.92. The molecule has 0 saturated heterocycles. The maximum Gasteiger partial charge on any atom is 0.0931 e. The van der Waals surface area contributed by atoms with Crippen LogP contribution in [0, 0.1) is 11.8 Å². The molecular formula is C12H19ClN2S. The molecule has 0 spiro atoms. The predicted octanol–water partition coefficient (Wildman–Crippen LogP) is 3.73. The Hall–Kier alpha value is -0.0900. The van der Waals surface area contributed by atoms with Gasteiger partial charge in [-0.3, -0.25) is 11.3 Å². The van der Waals surface area contributed by atoms with Gasteiger partial charge in [-0.05, 0) is 36.8 Å². The minimum Gasteiger partial charge on any atom is -0.271 e. The van der Waals surface area contributed by atoms with Crippen molar-refractivity contribution in [2.24, 2.45) is 17.7 Å². The minimum atomic E-state index is 0.278. The van der Waals surface area contributed by atoms with Crippen LogP contribution in [0.25, 0.3) is 0 Å². The van der Waals surface area contributed by atoms with E-state index in [1.54, 1.807) is 11.3 Å². The van der Waals surface area contributed by atoms with E-state index in [1.165, 1.54) is 30.6 Å². The van der Waals surface area contributed by atoms with E-state index in [0.29, 0.717) is 5.92 Å². The van der Waals surface area contributed by atoms with E-state index in [0.717, 1.165) is 10.3 Å². The molecule has 3 unspecified atom stereocenters. The van der Waals surface area contributed by atoms with Crippen molar-refractivity contribution in [3.63, 3.8) is 0 Å². The Kier molecular flexibility index (Phi) is 4.25. The zero-order valence-electron chi connectivity index (χ0n) is 9.58. The van der Waals surface area contributed by atoms with Gasteiger partial charge in [-0.25, -0.2) is 0 Å². The lowest BCUT2D eigenvalue weighted by Crippen LogP contribution is -2.35. The first kappa shape index (κ1) is 12.4. The molecule has 3 N–H and O–H groups in total. The molecule has 1 saturated carbocycles. The molecule has 16 heavy (non-hydrogen) atoms. The number of hydrogen-bond acceptors (Lipinski definition) is 3. The van der Waals surface area contributed by atoms with E-state index in [9.17, 15) is 0 Å². The molecule has 0 aliphatic heterocycles. The van der Waals surface area contributed by atoms with Gasteiger partial charge in [0.1, 0.15) is 0 Å². The monoisotopic (exact) mass is 258 g/mol. The van der Waals surface area contributed by atoms with Gasteiger partial charge in [-0.15, -0.1) is 11.3 Å². The number of nitrogens with two attached hydrogens (primary N) is 1. The van der Waals surface area contributed by atoms with Gasteiger partial charge >= 0.3 is 0 Å². The molecular weight excluding hydrogens is 240 g/mol. The molecule has 1 aliphatic carbocycles. The molecule has 1 fully saturated rings. The lowest BCUT2D eigenvalue weighted by Gasteiger charge is -2.32. The maximum absolute atomic E-state index is 5.98. The Morgan fingerprint density at radius 3 is 2.88 bits per heavy atom. The van der Waals surface area contributed by atoms with Gasteiger partial charge in [0.05, 0.1) is 10.4 Å². The summed E-state index contributed by atoms with van der Waals surface area (Å²) in [7, 11) is 0. The summed E-state index contributed by atoms with van der Waals surface area (Å²) in [6, 6.07) is 4.33. The second kappa shape index (κ2) is 5.50. The van der Waals surface area contributed by atoms with E-state index in [4.69, 9.17) is 17.4 Å². The smallest absolute Gasteiger partial charge is 0.0931 e. The largest absolute Gasteiger partial charge is 0.271 e. The number of nitrogens with one attached hydrogen (secondary N) is 1. The lowest BCUT2D eigenvalue weighted by molar-refractivity contribution is 0.226. The first-order valence-corrected chi connectivity index (χ1v) is 7.11. The van der Waals surface area contributed by atoms with Crippen LogP contribution >= 0.6 is 22.9 Å². The second-order valence-electron chi connectivity index (χ2n) is 4.82. The van der Waals surface area contributed by atoms with Crippen LogP contribution in [0.4, 0.5) is 0 Å². The molecule has 1 aromatic heterocycles. The molecule has 2 rings (SSSR count). The molecule has 4 heteroatoms. The molecule has 90 valence electrons. The summed E-state index contributed by atoms with van der Waals surface area (Å²) in [6.45, 7) is 2.33. The SMILES string of the molecule is CC1CCCC(C(NN)c2ccc(Cl)s2)C1. The maximum atomic E-state index is 5.98. The number of hydrogen-bond donors (Lipinski definition) is 2. The van der Waals surface area contributed by atoms with Crippen molar-refractivity contribution < 1.29 is 0 Å². The molecule has 1 heterocycles. The third kappa shape index (κ3) is 2.77. The van der Waals surface area contributed by atoms with E-state index in [1.807, 2.05) is 6.07 Å². The van der Waals surface area contributed by atoms with E-state index >= 15 is 0 Å². The van der Waals surface area contributed by atoms with E-state index in [2.05, 4.69) is 18.4 Å². The van der Waals surface area contributed by atoms with E-state index in [-0.39, 0.29) is 6.04 Å². The van der Waals surface area contributed by atoms with Gasteiger partial charge in [-0.1, -0.05) is 31.4 Å². The molecule has 0 aromatic carbocycles. The van der Waals surface area contributed by atoms with Crippen LogP contribution in [-0.4, -0.2) is 0 Å². The van der Waals surface area contributed by atoms with Gasteiger partial charge in [0.2, 0.25) is 0 Å². The predicted molar refractivity (Wildman–Crippen MR) is 70.5 cm³/mol. The van der Waals surface area contributed by atoms with Gasteiger partial charge in [0.15, 0.2) is 0 Å². The highest BCUT2D eigenvalue weighted by atomic mass is 35.5. The number of halogens is 1. The fourth-order valence-electron chi connectivity index (χ4n) is 2.73. The van der Waals surface area contributed by atoms with Crippen LogP contribution in [0.2, 0.25) is 4.34 Å². The standard InChI is InChI=1S/C12H19ClN2S/c1-8-3-2-4-9(7-8)12(15-14)10-5-6-11(13)16-10/h5-6,8-9,12,15H,2-4,7,14H2,1H3. The second-order valence-corrected chi connectivity index (χ2v) is 6.56. The van der Waals surface area contributed by atoms with Crippen molar-refractivity contribution in [3.8, 4) is 0 Å². The summed E-state index contributed by atoms with van der Waals surface area (Å²) in [6.07, 6.45) is 5.22. The normalized spacial score (nSPS) is 27.9. The molecule has 0 bridgehead atoms. The van der Waals surface area contributed by atoms with Crippen molar-refractivity contribution in [1.82, 2.24) is 5.43 Å². The average Bonchev–Trinajstić information content (AvgIpc) is 2.66. The Balaban J connectivity index is 2.09. The Labute approximate surface area is 106 Å². The Morgan fingerprint density at radius 1 is 1.50 bits per heavy atom. The van der Waals surface area contributed by atoms with Crippen molar-refractivity contribution in [2.75, 3.05) is 0 Å². The van der Waals surface area contributed by atoms with Crippen LogP contribution in [0.15, 0.2) is 12.1 Å². The van der Waals surface area contributed by atoms with Crippen LogP contribution in [0.5, 0.6) is 0 Å². The molecule has 0 amide bonds. The zero-order chi connectivity index (χ0) is 11.5. The first-order chi connectivity index (χ1) is 7.70. The minimum absolute atomic E-state index is 0.278. The average molecular weight is 259 g/mol. The number of rotatable bonds is 3.